The molecule has 1 heterocycles. The van der Waals surface area contributed by atoms with Crippen LogP contribution in [0.1, 0.15) is 23.6 Å². The quantitative estimate of drug-likeness (QED) is 0.875. The van der Waals surface area contributed by atoms with Crippen molar-refractivity contribution in [1.29, 1.82) is 0 Å². The fraction of sp³-hybridized carbons (Fsp3) is 0.375. The number of hydrogen-bond acceptors (Lipinski definition) is 3. The van der Waals surface area contributed by atoms with E-state index < -0.39 is 6.04 Å². The summed E-state index contributed by atoms with van der Waals surface area (Å²) in [7, 11) is 3.70. The molecule has 112 valence electrons. The number of nitrogens with zero attached hydrogens (tertiary/aromatic N) is 3. The smallest absolute Gasteiger partial charge is 0.243 e. The molecule has 1 atom stereocenters. The monoisotopic (exact) mass is 286 g/mol. The third-order valence-corrected chi connectivity index (χ3v) is 3.52. The maximum Gasteiger partial charge on any atom is 0.243 e. The van der Waals surface area contributed by atoms with Gasteiger partial charge in [-0.25, -0.2) is 0 Å². The standard InChI is InChI=1S/C16H22N4O/c1-19(10-6-7-13-11-18-20(2)12-13)16(21)15(17)14-8-4-3-5-9-14/h3-5,8-9,11-12,15H,6-7,10,17H2,1-2H3/t15-/m1/s1. The summed E-state index contributed by atoms with van der Waals surface area (Å²) in [6.07, 6.45) is 5.66. The molecule has 1 aromatic carbocycles. The van der Waals surface area contributed by atoms with Gasteiger partial charge in [-0.15, -0.1) is 0 Å². The lowest BCUT2D eigenvalue weighted by Gasteiger charge is -2.21. The van der Waals surface area contributed by atoms with Crippen LogP contribution in [0.25, 0.3) is 0 Å². The number of carbonyl (C=O) groups excluding carboxylic acids is 1. The maximum absolute atomic E-state index is 12.3. The summed E-state index contributed by atoms with van der Waals surface area (Å²) < 4.78 is 1.79. The summed E-state index contributed by atoms with van der Waals surface area (Å²) in [5.41, 5.74) is 8.06. The fourth-order valence-corrected chi connectivity index (χ4v) is 2.27. The zero-order chi connectivity index (χ0) is 15.2. The van der Waals surface area contributed by atoms with E-state index in [1.54, 1.807) is 16.6 Å². The van der Waals surface area contributed by atoms with E-state index in [4.69, 9.17) is 5.73 Å². The van der Waals surface area contributed by atoms with Crippen LogP contribution < -0.4 is 5.73 Å². The Labute approximate surface area is 125 Å². The van der Waals surface area contributed by atoms with Crippen molar-refractivity contribution in [2.75, 3.05) is 13.6 Å². The number of carbonyl (C=O) groups is 1. The molecule has 2 aromatic rings. The number of nitrogens with two attached hydrogens (primary N) is 1. The second kappa shape index (κ2) is 7.04. The molecule has 5 heteroatoms. The van der Waals surface area contributed by atoms with Crippen molar-refractivity contribution in [2.24, 2.45) is 12.8 Å². The Kier molecular flexibility index (Phi) is 5.11. The van der Waals surface area contributed by atoms with Gasteiger partial charge in [-0.3, -0.25) is 9.48 Å². The van der Waals surface area contributed by atoms with E-state index in [-0.39, 0.29) is 5.91 Å². The summed E-state index contributed by atoms with van der Waals surface area (Å²) in [6, 6.07) is 8.88. The summed E-state index contributed by atoms with van der Waals surface area (Å²) in [5, 5.41) is 4.13. The second-order valence-electron chi connectivity index (χ2n) is 5.27. The molecule has 0 bridgehead atoms. The van der Waals surface area contributed by atoms with Crippen molar-refractivity contribution in [2.45, 2.75) is 18.9 Å². The summed E-state index contributed by atoms with van der Waals surface area (Å²) >= 11 is 0. The van der Waals surface area contributed by atoms with Gasteiger partial charge in [0.15, 0.2) is 0 Å². The lowest BCUT2D eigenvalue weighted by Crippen LogP contribution is -2.36. The minimum absolute atomic E-state index is 0.0487. The van der Waals surface area contributed by atoms with E-state index in [1.807, 2.05) is 49.8 Å². The van der Waals surface area contributed by atoms with Crippen molar-refractivity contribution < 1.29 is 4.79 Å². The molecule has 5 nitrogen and oxygen atoms in total. The van der Waals surface area contributed by atoms with Gasteiger partial charge >= 0.3 is 0 Å². The number of aromatic nitrogens is 2. The minimum atomic E-state index is -0.588. The summed E-state index contributed by atoms with van der Waals surface area (Å²) in [5.74, 6) is -0.0487. The second-order valence-corrected chi connectivity index (χ2v) is 5.27. The molecule has 1 aromatic heterocycles. The third kappa shape index (κ3) is 4.16. The molecule has 0 fully saturated rings. The number of hydrogen-bond donors (Lipinski definition) is 1. The average Bonchev–Trinajstić information content (AvgIpc) is 2.92. The van der Waals surface area contributed by atoms with Crippen molar-refractivity contribution in [1.82, 2.24) is 14.7 Å². The van der Waals surface area contributed by atoms with Crippen LogP contribution in [-0.2, 0) is 18.3 Å². The lowest BCUT2D eigenvalue weighted by molar-refractivity contribution is -0.131. The molecule has 0 unspecified atom stereocenters. The number of aryl methyl sites for hydroxylation is 2. The van der Waals surface area contributed by atoms with Crippen molar-refractivity contribution >= 4 is 5.91 Å². The van der Waals surface area contributed by atoms with Crippen molar-refractivity contribution in [3.8, 4) is 0 Å². The van der Waals surface area contributed by atoms with E-state index in [2.05, 4.69) is 5.10 Å². The number of amides is 1. The van der Waals surface area contributed by atoms with Gasteiger partial charge in [-0.2, -0.15) is 5.10 Å². The third-order valence-electron chi connectivity index (χ3n) is 3.52. The molecule has 0 aliphatic heterocycles. The van der Waals surface area contributed by atoms with E-state index in [0.29, 0.717) is 6.54 Å². The Balaban J connectivity index is 1.82. The topological polar surface area (TPSA) is 64.2 Å². The molecule has 0 saturated heterocycles. The predicted octanol–water partition coefficient (Wildman–Crippen LogP) is 1.51. The van der Waals surface area contributed by atoms with Crippen LogP contribution in [0.4, 0.5) is 0 Å². The first-order chi connectivity index (χ1) is 10.1. The molecule has 0 saturated carbocycles. The van der Waals surface area contributed by atoms with Gasteiger partial charge < -0.3 is 10.6 Å². The Morgan fingerprint density at radius 3 is 2.71 bits per heavy atom. The van der Waals surface area contributed by atoms with Gasteiger partial charge in [0, 0.05) is 26.8 Å². The molecular weight excluding hydrogens is 264 g/mol. The normalized spacial score (nSPS) is 12.1. The first-order valence-corrected chi connectivity index (χ1v) is 7.11. The maximum atomic E-state index is 12.3. The Morgan fingerprint density at radius 2 is 2.10 bits per heavy atom. The van der Waals surface area contributed by atoms with E-state index in [0.717, 1.165) is 18.4 Å². The zero-order valence-electron chi connectivity index (χ0n) is 12.6. The number of benzene rings is 1. The number of rotatable bonds is 6. The highest BCUT2D eigenvalue weighted by Gasteiger charge is 2.19. The highest BCUT2D eigenvalue weighted by molar-refractivity contribution is 5.82. The minimum Gasteiger partial charge on any atom is -0.344 e. The molecular formula is C16H22N4O. The van der Waals surface area contributed by atoms with E-state index in [1.165, 1.54) is 5.56 Å². The van der Waals surface area contributed by atoms with Gasteiger partial charge in [-0.1, -0.05) is 30.3 Å². The van der Waals surface area contributed by atoms with Crippen LogP contribution >= 0.6 is 0 Å². The molecule has 1 amide bonds. The van der Waals surface area contributed by atoms with Gasteiger partial charge in [0.2, 0.25) is 5.91 Å². The summed E-state index contributed by atoms with van der Waals surface area (Å²) in [4.78, 5) is 14.0. The SMILES string of the molecule is CN(CCCc1cnn(C)c1)C(=O)[C@H](N)c1ccccc1. The highest BCUT2D eigenvalue weighted by atomic mass is 16.2. The molecule has 21 heavy (non-hydrogen) atoms. The van der Waals surface area contributed by atoms with Crippen LogP contribution in [0.15, 0.2) is 42.7 Å². The average molecular weight is 286 g/mol. The molecule has 0 radical (unpaired) electrons. The van der Waals surface area contributed by atoms with Gasteiger partial charge in [0.05, 0.1) is 6.20 Å². The van der Waals surface area contributed by atoms with Crippen LogP contribution in [0.2, 0.25) is 0 Å². The zero-order valence-corrected chi connectivity index (χ0v) is 12.6. The molecule has 2 N–H and O–H groups in total. The van der Waals surface area contributed by atoms with Gasteiger partial charge in [0.25, 0.3) is 0 Å². The molecule has 0 aliphatic rings. The van der Waals surface area contributed by atoms with Gasteiger partial charge in [0.1, 0.15) is 6.04 Å². The Hall–Kier alpha value is -2.14. The summed E-state index contributed by atoms with van der Waals surface area (Å²) in [6.45, 7) is 0.689. The van der Waals surface area contributed by atoms with Gasteiger partial charge in [-0.05, 0) is 24.0 Å². The lowest BCUT2D eigenvalue weighted by atomic mass is 10.1. The van der Waals surface area contributed by atoms with Crippen LogP contribution in [0, 0.1) is 0 Å². The molecule has 0 aliphatic carbocycles. The van der Waals surface area contributed by atoms with Crippen molar-refractivity contribution in [3.05, 3.63) is 53.9 Å². The van der Waals surface area contributed by atoms with Crippen LogP contribution in [0.3, 0.4) is 0 Å². The van der Waals surface area contributed by atoms with Crippen LogP contribution in [0.5, 0.6) is 0 Å². The first kappa shape index (κ1) is 15.3. The Morgan fingerprint density at radius 1 is 1.38 bits per heavy atom. The van der Waals surface area contributed by atoms with Crippen LogP contribution in [-0.4, -0.2) is 34.2 Å². The number of likely N-dealkylation sites (N-methyl/N-ethyl adjacent to an activating group) is 1. The molecule has 2 rings (SSSR count). The fourth-order valence-electron chi connectivity index (χ4n) is 2.27. The highest BCUT2D eigenvalue weighted by Crippen LogP contribution is 2.12. The van der Waals surface area contributed by atoms with E-state index in [9.17, 15) is 4.79 Å². The van der Waals surface area contributed by atoms with E-state index >= 15 is 0 Å². The molecule has 0 spiro atoms. The van der Waals surface area contributed by atoms with Crippen molar-refractivity contribution in [3.63, 3.8) is 0 Å². The predicted molar refractivity (Wildman–Crippen MR) is 82.5 cm³/mol. The Bertz CT molecular complexity index is 579. The largest absolute Gasteiger partial charge is 0.344 e. The first-order valence-electron chi connectivity index (χ1n) is 7.11.